The molecule has 3 fully saturated rings. The highest BCUT2D eigenvalue weighted by atomic mass is 16.6. The van der Waals surface area contributed by atoms with Crippen LogP contribution in [0.3, 0.4) is 0 Å². The first-order chi connectivity index (χ1) is 11.8. The minimum atomic E-state index is -0.486. The van der Waals surface area contributed by atoms with Crippen molar-refractivity contribution in [3.63, 3.8) is 0 Å². The first kappa shape index (κ1) is 17.0. The number of Topliss-reactive ketones (excluding diaryl/α,β-unsaturated/α-hetero) is 2. The van der Waals surface area contributed by atoms with Gasteiger partial charge in [-0.15, -0.1) is 0 Å². The molecule has 4 rings (SSSR count). The Morgan fingerprint density at radius 3 is 2.44 bits per heavy atom. The van der Waals surface area contributed by atoms with E-state index in [-0.39, 0.29) is 64.9 Å². The van der Waals surface area contributed by atoms with Crippen molar-refractivity contribution in [3.05, 3.63) is 12.2 Å². The average Bonchev–Trinajstić information content (AvgIpc) is 3.30. The average molecular weight is 344 g/mol. The largest absolute Gasteiger partial charge is 0.459 e. The second kappa shape index (κ2) is 5.52. The maximum absolute atomic E-state index is 13.0. The quantitative estimate of drug-likeness (QED) is 0.436. The number of hydrogen-bond acceptors (Lipinski definition) is 4. The molecule has 4 nitrogen and oxygen atoms in total. The van der Waals surface area contributed by atoms with Gasteiger partial charge in [-0.1, -0.05) is 32.9 Å². The molecule has 4 bridgehead atoms. The summed E-state index contributed by atoms with van der Waals surface area (Å²) in [4.78, 5) is 38.2. The summed E-state index contributed by atoms with van der Waals surface area (Å²) in [5.41, 5.74) is -0.486. The maximum Gasteiger partial charge on any atom is 0.310 e. The monoisotopic (exact) mass is 344 g/mol. The molecule has 4 aliphatic carbocycles. The molecule has 0 aromatic carbocycles. The van der Waals surface area contributed by atoms with E-state index in [9.17, 15) is 14.4 Å². The molecule has 4 heteroatoms. The lowest BCUT2D eigenvalue weighted by atomic mass is 9.69. The molecule has 0 aliphatic heterocycles. The second-order valence-corrected chi connectivity index (χ2v) is 8.77. The molecule has 25 heavy (non-hydrogen) atoms. The van der Waals surface area contributed by atoms with Crippen LogP contribution in [0.25, 0.3) is 0 Å². The first-order valence-corrected chi connectivity index (χ1v) is 9.82. The lowest BCUT2D eigenvalue weighted by Gasteiger charge is -2.38. The summed E-state index contributed by atoms with van der Waals surface area (Å²) in [6.45, 7) is 8.25. The molecule has 4 aliphatic rings. The lowest BCUT2D eigenvalue weighted by molar-refractivity contribution is -0.172. The highest BCUT2D eigenvalue weighted by Crippen LogP contribution is 2.64. The Labute approximate surface area is 149 Å². The van der Waals surface area contributed by atoms with E-state index in [0.29, 0.717) is 6.42 Å². The van der Waals surface area contributed by atoms with Crippen molar-refractivity contribution in [2.75, 3.05) is 0 Å². The van der Waals surface area contributed by atoms with Crippen LogP contribution in [-0.2, 0) is 19.1 Å². The zero-order chi connectivity index (χ0) is 18.1. The SMILES string of the molecule is CCC(C)C(C)(CC)OC(=O)C1CC2C(=O)C1C1C3C=CC(C3=O)C21. The minimum absolute atomic E-state index is 0.0442. The van der Waals surface area contributed by atoms with Gasteiger partial charge in [0.25, 0.3) is 0 Å². The van der Waals surface area contributed by atoms with Gasteiger partial charge < -0.3 is 4.74 Å². The molecule has 9 atom stereocenters. The highest BCUT2D eigenvalue weighted by Gasteiger charge is 2.69. The molecule has 136 valence electrons. The fourth-order valence-corrected chi connectivity index (χ4v) is 6.04. The molecule has 0 spiro atoms. The van der Waals surface area contributed by atoms with Crippen molar-refractivity contribution in [2.45, 2.75) is 52.6 Å². The van der Waals surface area contributed by atoms with Crippen molar-refractivity contribution in [2.24, 2.45) is 47.3 Å². The molecule has 9 unspecified atom stereocenters. The topological polar surface area (TPSA) is 60.4 Å². The van der Waals surface area contributed by atoms with Crippen LogP contribution in [-0.4, -0.2) is 23.1 Å². The Balaban J connectivity index is 1.56. The van der Waals surface area contributed by atoms with E-state index in [1.165, 1.54) is 0 Å². The fourth-order valence-electron chi connectivity index (χ4n) is 6.04. The summed E-state index contributed by atoms with van der Waals surface area (Å²) in [5.74, 6) is -0.262. The van der Waals surface area contributed by atoms with Crippen LogP contribution in [0.4, 0.5) is 0 Å². The van der Waals surface area contributed by atoms with Crippen molar-refractivity contribution in [3.8, 4) is 0 Å². The van der Waals surface area contributed by atoms with E-state index in [1.807, 2.05) is 26.0 Å². The highest BCUT2D eigenvalue weighted by molar-refractivity contribution is 6.01. The summed E-state index contributed by atoms with van der Waals surface area (Å²) in [5, 5.41) is 0. The maximum atomic E-state index is 13.0. The zero-order valence-corrected chi connectivity index (χ0v) is 15.5. The fraction of sp³-hybridized carbons (Fsp3) is 0.762. The van der Waals surface area contributed by atoms with Gasteiger partial charge in [0.2, 0.25) is 0 Å². The van der Waals surface area contributed by atoms with Crippen LogP contribution < -0.4 is 0 Å². The van der Waals surface area contributed by atoms with E-state index in [4.69, 9.17) is 4.74 Å². The van der Waals surface area contributed by atoms with Gasteiger partial charge in [-0.3, -0.25) is 14.4 Å². The van der Waals surface area contributed by atoms with Crippen LogP contribution in [0.1, 0.15) is 47.0 Å². The van der Waals surface area contributed by atoms with Crippen molar-refractivity contribution < 1.29 is 19.1 Å². The zero-order valence-electron chi connectivity index (χ0n) is 15.5. The van der Waals surface area contributed by atoms with Crippen molar-refractivity contribution in [1.82, 2.24) is 0 Å². The van der Waals surface area contributed by atoms with Crippen LogP contribution >= 0.6 is 0 Å². The molecule has 0 N–H and O–H groups in total. The second-order valence-electron chi connectivity index (χ2n) is 8.77. The number of ketones is 2. The molecular formula is C21H28O4. The normalized spacial score (nSPS) is 44.1. The first-order valence-electron chi connectivity index (χ1n) is 9.82. The van der Waals surface area contributed by atoms with E-state index in [2.05, 4.69) is 13.8 Å². The van der Waals surface area contributed by atoms with Crippen molar-refractivity contribution >= 4 is 17.5 Å². The van der Waals surface area contributed by atoms with Gasteiger partial charge in [0.15, 0.2) is 0 Å². The van der Waals surface area contributed by atoms with Gasteiger partial charge in [0.05, 0.1) is 5.92 Å². The summed E-state index contributed by atoms with van der Waals surface area (Å²) < 4.78 is 5.99. The van der Waals surface area contributed by atoms with Gasteiger partial charge in [0.1, 0.15) is 17.2 Å². The van der Waals surface area contributed by atoms with Gasteiger partial charge in [-0.2, -0.15) is 0 Å². The summed E-state index contributed by atoms with van der Waals surface area (Å²) in [6, 6.07) is 0. The van der Waals surface area contributed by atoms with Crippen LogP contribution in [0.15, 0.2) is 12.2 Å². The minimum Gasteiger partial charge on any atom is -0.459 e. The molecule has 0 radical (unpaired) electrons. The Morgan fingerprint density at radius 1 is 1.20 bits per heavy atom. The number of fused-ring (bicyclic) bond motifs is 9. The smallest absolute Gasteiger partial charge is 0.310 e. The summed E-state index contributed by atoms with van der Waals surface area (Å²) in [7, 11) is 0. The van der Waals surface area contributed by atoms with Gasteiger partial charge in [-0.05, 0) is 43.9 Å². The van der Waals surface area contributed by atoms with E-state index >= 15 is 0 Å². The summed E-state index contributed by atoms with van der Waals surface area (Å²) >= 11 is 0. The van der Waals surface area contributed by atoms with Crippen LogP contribution in [0.5, 0.6) is 0 Å². The number of carbonyl (C=O) groups is 3. The number of esters is 1. The van der Waals surface area contributed by atoms with E-state index in [1.54, 1.807) is 0 Å². The number of carbonyl (C=O) groups excluding carboxylic acids is 3. The Bertz CT molecular complexity index is 665. The number of rotatable bonds is 5. The van der Waals surface area contributed by atoms with E-state index in [0.717, 1.165) is 12.8 Å². The van der Waals surface area contributed by atoms with Crippen molar-refractivity contribution in [1.29, 1.82) is 0 Å². The predicted octanol–water partition coefficient (Wildman–Crippen LogP) is 3.20. The standard InChI is InChI=1S/C21H28O4/c1-5-10(3)21(4,6-2)25-20(24)14-9-13-15-11-7-8-12(18(11)22)16(15)17(14)19(13)23/h7-8,10-17H,5-6,9H2,1-4H3. The Morgan fingerprint density at radius 2 is 1.84 bits per heavy atom. The molecule has 0 heterocycles. The van der Waals surface area contributed by atoms with Crippen LogP contribution in [0, 0.1) is 47.3 Å². The van der Waals surface area contributed by atoms with Gasteiger partial charge >= 0.3 is 5.97 Å². The molecule has 0 aromatic heterocycles. The van der Waals surface area contributed by atoms with E-state index < -0.39 is 5.60 Å². The summed E-state index contributed by atoms with van der Waals surface area (Å²) in [6.07, 6.45) is 6.25. The molecule has 0 aromatic rings. The molecular weight excluding hydrogens is 316 g/mol. The van der Waals surface area contributed by atoms with Crippen LogP contribution in [0.2, 0.25) is 0 Å². The lowest BCUT2D eigenvalue weighted by Crippen LogP contribution is -2.42. The number of hydrogen-bond donors (Lipinski definition) is 0. The molecule has 3 saturated carbocycles. The third kappa shape index (κ3) is 2.09. The molecule has 0 amide bonds. The van der Waals surface area contributed by atoms with Gasteiger partial charge in [-0.25, -0.2) is 0 Å². The third-order valence-electron chi connectivity index (χ3n) is 7.96. The number of allylic oxidation sites excluding steroid dienone is 2. The Kier molecular flexibility index (Phi) is 3.75. The third-order valence-corrected chi connectivity index (χ3v) is 7.96. The van der Waals surface area contributed by atoms with Gasteiger partial charge in [0, 0.05) is 23.7 Å². The predicted molar refractivity (Wildman–Crippen MR) is 92.4 cm³/mol. The Hall–Kier alpha value is -1.45. The molecule has 0 saturated heterocycles. The number of ether oxygens (including phenoxy) is 1.